The van der Waals surface area contributed by atoms with Crippen LogP contribution in [0.1, 0.15) is 24.4 Å². The van der Waals surface area contributed by atoms with Crippen molar-refractivity contribution in [3.63, 3.8) is 0 Å². The highest BCUT2D eigenvalue weighted by atomic mass is 32.2. The standard InChI is InChI=1S/C24H22N4O2S2/c29-22(25-18-8-12-20(13-9-18)30-15-17-5-2-1-3-6-17)16-32-24-27-26-23(21-7-4-14-31-21)28(24)19-10-11-19/h1-9,12-14,19H,10-11,15-16H2,(H,25,29). The van der Waals surface area contributed by atoms with Gasteiger partial charge < -0.3 is 10.1 Å². The van der Waals surface area contributed by atoms with E-state index in [9.17, 15) is 4.79 Å². The molecule has 6 nitrogen and oxygen atoms in total. The smallest absolute Gasteiger partial charge is 0.234 e. The van der Waals surface area contributed by atoms with E-state index in [0.29, 0.717) is 12.6 Å². The molecule has 8 heteroatoms. The number of ether oxygens (including phenoxy) is 1. The van der Waals surface area contributed by atoms with Crippen molar-refractivity contribution in [1.29, 1.82) is 0 Å². The molecule has 2 aromatic carbocycles. The lowest BCUT2D eigenvalue weighted by Gasteiger charge is -2.09. The number of benzene rings is 2. The molecule has 32 heavy (non-hydrogen) atoms. The van der Waals surface area contributed by atoms with Gasteiger partial charge in [-0.15, -0.1) is 21.5 Å². The largest absolute Gasteiger partial charge is 0.489 e. The Morgan fingerprint density at radius 1 is 1.06 bits per heavy atom. The van der Waals surface area contributed by atoms with Crippen LogP contribution in [-0.4, -0.2) is 26.4 Å². The van der Waals surface area contributed by atoms with Gasteiger partial charge in [-0.2, -0.15) is 0 Å². The number of aromatic nitrogens is 3. The highest BCUT2D eigenvalue weighted by molar-refractivity contribution is 7.99. The molecule has 4 aromatic rings. The zero-order chi connectivity index (χ0) is 21.8. The highest BCUT2D eigenvalue weighted by Gasteiger charge is 2.30. The number of carbonyl (C=O) groups excluding carboxylic acids is 1. The average molecular weight is 463 g/mol. The van der Waals surface area contributed by atoms with E-state index in [2.05, 4.69) is 26.1 Å². The zero-order valence-electron chi connectivity index (χ0n) is 17.3. The number of nitrogens with one attached hydrogen (secondary N) is 1. The topological polar surface area (TPSA) is 69.0 Å². The third-order valence-corrected chi connectivity index (χ3v) is 6.85. The summed E-state index contributed by atoms with van der Waals surface area (Å²) in [6.45, 7) is 0.512. The molecule has 1 aliphatic carbocycles. The van der Waals surface area contributed by atoms with Gasteiger partial charge in [-0.25, -0.2) is 0 Å². The molecular formula is C24H22N4O2S2. The number of thioether (sulfide) groups is 1. The molecule has 0 bridgehead atoms. The van der Waals surface area contributed by atoms with Crippen LogP contribution in [0, 0.1) is 0 Å². The summed E-state index contributed by atoms with van der Waals surface area (Å²) in [6, 6.07) is 22.0. The van der Waals surface area contributed by atoms with Crippen LogP contribution >= 0.6 is 23.1 Å². The number of nitrogens with zero attached hydrogens (tertiary/aromatic N) is 3. The van der Waals surface area contributed by atoms with Gasteiger partial charge in [-0.05, 0) is 54.1 Å². The first-order valence-electron chi connectivity index (χ1n) is 10.4. The number of rotatable bonds is 9. The van der Waals surface area contributed by atoms with Gasteiger partial charge in [0.1, 0.15) is 12.4 Å². The molecule has 162 valence electrons. The molecule has 0 aliphatic heterocycles. The van der Waals surface area contributed by atoms with Crippen LogP contribution < -0.4 is 10.1 Å². The summed E-state index contributed by atoms with van der Waals surface area (Å²) in [7, 11) is 0. The Morgan fingerprint density at radius 3 is 2.59 bits per heavy atom. The normalized spacial score (nSPS) is 13.1. The number of amides is 1. The Labute approximate surface area is 194 Å². The second-order valence-electron chi connectivity index (χ2n) is 7.52. The fraction of sp³-hybridized carbons (Fsp3) is 0.208. The molecule has 0 radical (unpaired) electrons. The molecule has 1 amide bonds. The first-order valence-corrected chi connectivity index (χ1v) is 12.3. The van der Waals surface area contributed by atoms with Gasteiger partial charge in [0.15, 0.2) is 11.0 Å². The molecule has 5 rings (SSSR count). The fourth-order valence-electron chi connectivity index (χ4n) is 3.31. The minimum atomic E-state index is -0.0732. The maximum atomic E-state index is 12.5. The van der Waals surface area contributed by atoms with Crippen LogP contribution in [0.5, 0.6) is 5.75 Å². The number of anilines is 1. The third-order valence-electron chi connectivity index (χ3n) is 5.04. The van der Waals surface area contributed by atoms with Gasteiger partial charge in [-0.1, -0.05) is 48.2 Å². The van der Waals surface area contributed by atoms with Gasteiger partial charge in [0, 0.05) is 11.7 Å². The summed E-state index contributed by atoms with van der Waals surface area (Å²) in [5, 5.41) is 14.5. The Bertz CT molecular complexity index is 1170. The number of thiophene rings is 1. The molecule has 1 N–H and O–H groups in total. The summed E-state index contributed by atoms with van der Waals surface area (Å²) >= 11 is 3.08. The molecule has 1 saturated carbocycles. The van der Waals surface area contributed by atoms with Gasteiger partial charge in [0.05, 0.1) is 10.6 Å². The summed E-state index contributed by atoms with van der Waals surface area (Å²) in [5.41, 5.74) is 1.86. The van der Waals surface area contributed by atoms with Crippen molar-refractivity contribution in [1.82, 2.24) is 14.8 Å². The lowest BCUT2D eigenvalue weighted by atomic mass is 10.2. The summed E-state index contributed by atoms with van der Waals surface area (Å²) in [5.74, 6) is 1.87. The fourth-order valence-corrected chi connectivity index (χ4v) is 4.82. The Kier molecular flexibility index (Phi) is 6.22. The van der Waals surface area contributed by atoms with Crippen molar-refractivity contribution in [3.05, 3.63) is 77.7 Å². The number of hydrogen-bond donors (Lipinski definition) is 1. The van der Waals surface area contributed by atoms with Crippen molar-refractivity contribution < 1.29 is 9.53 Å². The van der Waals surface area contributed by atoms with Crippen LogP contribution in [0.2, 0.25) is 0 Å². The minimum absolute atomic E-state index is 0.0732. The molecule has 1 fully saturated rings. The van der Waals surface area contributed by atoms with Crippen LogP contribution in [0.4, 0.5) is 5.69 Å². The van der Waals surface area contributed by atoms with E-state index in [1.54, 1.807) is 11.3 Å². The predicted molar refractivity (Wildman–Crippen MR) is 128 cm³/mol. The van der Waals surface area contributed by atoms with Crippen molar-refractivity contribution in [2.24, 2.45) is 0 Å². The van der Waals surface area contributed by atoms with Crippen LogP contribution in [-0.2, 0) is 11.4 Å². The maximum absolute atomic E-state index is 12.5. The van der Waals surface area contributed by atoms with Crippen molar-refractivity contribution in [3.8, 4) is 16.5 Å². The first-order chi connectivity index (χ1) is 15.8. The molecule has 0 unspecified atom stereocenters. The second-order valence-corrected chi connectivity index (χ2v) is 9.41. The molecular weight excluding hydrogens is 440 g/mol. The molecule has 0 spiro atoms. The summed E-state index contributed by atoms with van der Waals surface area (Å²) in [6.07, 6.45) is 2.27. The highest BCUT2D eigenvalue weighted by Crippen LogP contribution is 2.41. The monoisotopic (exact) mass is 462 g/mol. The Morgan fingerprint density at radius 2 is 1.88 bits per heavy atom. The van der Waals surface area contributed by atoms with E-state index in [4.69, 9.17) is 4.74 Å². The van der Waals surface area contributed by atoms with E-state index < -0.39 is 0 Å². The first kappa shape index (κ1) is 20.8. The van der Waals surface area contributed by atoms with Gasteiger partial charge in [0.2, 0.25) is 5.91 Å². The predicted octanol–water partition coefficient (Wildman–Crippen LogP) is 5.65. The van der Waals surface area contributed by atoms with E-state index >= 15 is 0 Å². The Balaban J connectivity index is 1.15. The molecule has 0 saturated heterocycles. The van der Waals surface area contributed by atoms with E-state index in [0.717, 1.165) is 45.7 Å². The van der Waals surface area contributed by atoms with E-state index in [1.807, 2.05) is 66.0 Å². The molecule has 2 heterocycles. The Hall–Kier alpha value is -3.10. The van der Waals surface area contributed by atoms with E-state index in [1.165, 1.54) is 11.8 Å². The van der Waals surface area contributed by atoms with Crippen LogP contribution in [0.3, 0.4) is 0 Å². The van der Waals surface area contributed by atoms with Crippen molar-refractivity contribution in [2.45, 2.75) is 30.6 Å². The van der Waals surface area contributed by atoms with Gasteiger partial charge in [-0.3, -0.25) is 9.36 Å². The second kappa shape index (κ2) is 9.58. The average Bonchev–Trinajstić information content (AvgIpc) is 3.34. The lowest BCUT2D eigenvalue weighted by Crippen LogP contribution is -2.14. The third kappa shape index (κ3) is 5.03. The maximum Gasteiger partial charge on any atom is 0.234 e. The van der Waals surface area contributed by atoms with Crippen LogP contribution in [0.25, 0.3) is 10.7 Å². The zero-order valence-corrected chi connectivity index (χ0v) is 18.9. The minimum Gasteiger partial charge on any atom is -0.489 e. The number of carbonyl (C=O) groups is 1. The van der Waals surface area contributed by atoms with Crippen LogP contribution in [0.15, 0.2) is 77.3 Å². The van der Waals surface area contributed by atoms with E-state index in [-0.39, 0.29) is 11.7 Å². The van der Waals surface area contributed by atoms with Crippen molar-refractivity contribution in [2.75, 3.05) is 11.1 Å². The molecule has 1 aliphatic rings. The van der Waals surface area contributed by atoms with Gasteiger partial charge in [0.25, 0.3) is 0 Å². The van der Waals surface area contributed by atoms with Gasteiger partial charge >= 0.3 is 0 Å². The lowest BCUT2D eigenvalue weighted by molar-refractivity contribution is -0.113. The summed E-state index contributed by atoms with van der Waals surface area (Å²) in [4.78, 5) is 13.6. The molecule has 2 aromatic heterocycles. The van der Waals surface area contributed by atoms with Crippen molar-refractivity contribution >= 4 is 34.7 Å². The SMILES string of the molecule is O=C(CSc1nnc(-c2cccs2)n1C1CC1)Nc1ccc(OCc2ccccc2)cc1. The summed E-state index contributed by atoms with van der Waals surface area (Å²) < 4.78 is 7.98. The molecule has 0 atom stereocenters. The quantitative estimate of drug-likeness (QED) is 0.326. The number of hydrogen-bond acceptors (Lipinski definition) is 6.